The molecule has 1 aromatic rings. The zero-order chi connectivity index (χ0) is 16.8. The van der Waals surface area contributed by atoms with E-state index in [1.807, 2.05) is 22.7 Å². The standard InChI is InChI=1S/C17H28N4O2/c1-12-13(10-21(18-12)17(2,3)4)16(22)20-7-6-15-14(11-20)19(5)8-9-23-15/h10,14-15H,6-9,11H2,1-5H3/t14-,15+/m1/s1. The third-order valence-corrected chi connectivity index (χ3v) is 4.97. The summed E-state index contributed by atoms with van der Waals surface area (Å²) in [4.78, 5) is 17.2. The average Bonchev–Trinajstić information content (AvgIpc) is 2.89. The number of carbonyl (C=O) groups is 1. The van der Waals surface area contributed by atoms with E-state index in [2.05, 4.69) is 37.8 Å². The minimum Gasteiger partial charge on any atom is -0.375 e. The van der Waals surface area contributed by atoms with Crippen molar-refractivity contribution in [1.29, 1.82) is 0 Å². The van der Waals surface area contributed by atoms with Crippen molar-refractivity contribution < 1.29 is 9.53 Å². The van der Waals surface area contributed by atoms with Crippen LogP contribution in [0.4, 0.5) is 0 Å². The zero-order valence-corrected chi connectivity index (χ0v) is 14.9. The van der Waals surface area contributed by atoms with E-state index in [9.17, 15) is 4.79 Å². The Morgan fingerprint density at radius 1 is 1.35 bits per heavy atom. The second-order valence-corrected chi connectivity index (χ2v) is 7.74. The lowest BCUT2D eigenvalue weighted by atomic mass is 9.98. The predicted molar refractivity (Wildman–Crippen MR) is 88.6 cm³/mol. The number of rotatable bonds is 1. The number of hydrogen-bond donors (Lipinski definition) is 0. The number of morpholine rings is 1. The van der Waals surface area contributed by atoms with Crippen molar-refractivity contribution in [1.82, 2.24) is 19.6 Å². The summed E-state index contributed by atoms with van der Waals surface area (Å²) < 4.78 is 7.75. The van der Waals surface area contributed by atoms with Crippen molar-refractivity contribution in [3.63, 3.8) is 0 Å². The van der Waals surface area contributed by atoms with E-state index in [0.29, 0.717) is 6.04 Å². The first-order valence-electron chi connectivity index (χ1n) is 8.45. The van der Waals surface area contributed by atoms with Crippen molar-refractivity contribution in [2.24, 2.45) is 0 Å². The normalized spacial score (nSPS) is 26.2. The molecular weight excluding hydrogens is 292 g/mol. The van der Waals surface area contributed by atoms with Gasteiger partial charge >= 0.3 is 0 Å². The largest absolute Gasteiger partial charge is 0.375 e. The number of amides is 1. The van der Waals surface area contributed by atoms with Crippen LogP contribution in [0, 0.1) is 6.92 Å². The van der Waals surface area contributed by atoms with Gasteiger partial charge in [0.05, 0.1) is 35.5 Å². The van der Waals surface area contributed by atoms with Crippen LogP contribution in [-0.2, 0) is 10.3 Å². The molecule has 0 radical (unpaired) electrons. The number of hydrogen-bond acceptors (Lipinski definition) is 4. The third-order valence-electron chi connectivity index (χ3n) is 4.97. The molecule has 2 saturated heterocycles. The molecule has 3 heterocycles. The van der Waals surface area contributed by atoms with Crippen molar-refractivity contribution in [2.45, 2.75) is 51.8 Å². The molecule has 0 aliphatic carbocycles. The highest BCUT2D eigenvalue weighted by atomic mass is 16.5. The van der Waals surface area contributed by atoms with Gasteiger partial charge in [-0.15, -0.1) is 0 Å². The molecule has 2 fully saturated rings. The average molecular weight is 320 g/mol. The first-order chi connectivity index (χ1) is 10.8. The minimum atomic E-state index is -0.117. The Kier molecular flexibility index (Phi) is 4.23. The Morgan fingerprint density at radius 3 is 2.74 bits per heavy atom. The molecule has 3 rings (SSSR count). The van der Waals surface area contributed by atoms with Gasteiger partial charge in [0.2, 0.25) is 0 Å². The number of fused-ring (bicyclic) bond motifs is 1. The monoisotopic (exact) mass is 320 g/mol. The minimum absolute atomic E-state index is 0.0930. The summed E-state index contributed by atoms with van der Waals surface area (Å²) in [5, 5.41) is 4.53. The molecule has 0 saturated carbocycles. The lowest BCUT2D eigenvalue weighted by molar-refractivity contribution is -0.0893. The molecule has 6 nitrogen and oxygen atoms in total. The van der Waals surface area contributed by atoms with Crippen LogP contribution in [-0.4, -0.2) is 70.9 Å². The third kappa shape index (κ3) is 3.15. The lowest BCUT2D eigenvalue weighted by Gasteiger charge is -2.45. The van der Waals surface area contributed by atoms with E-state index >= 15 is 0 Å². The Labute approximate surface area is 138 Å². The van der Waals surface area contributed by atoms with Crippen LogP contribution in [0.5, 0.6) is 0 Å². The fourth-order valence-corrected chi connectivity index (χ4v) is 3.41. The predicted octanol–water partition coefficient (Wildman–Crippen LogP) is 1.49. The van der Waals surface area contributed by atoms with Gasteiger partial charge in [0, 0.05) is 25.8 Å². The summed E-state index contributed by atoms with van der Waals surface area (Å²) in [7, 11) is 2.12. The molecule has 2 atom stereocenters. The summed E-state index contributed by atoms with van der Waals surface area (Å²) in [6.07, 6.45) is 3.06. The topological polar surface area (TPSA) is 50.6 Å². The van der Waals surface area contributed by atoms with Gasteiger partial charge in [0.15, 0.2) is 0 Å². The quantitative estimate of drug-likeness (QED) is 0.787. The van der Waals surface area contributed by atoms with Gasteiger partial charge in [-0.25, -0.2) is 0 Å². The fourth-order valence-electron chi connectivity index (χ4n) is 3.41. The van der Waals surface area contributed by atoms with Crippen LogP contribution in [0.3, 0.4) is 0 Å². The van der Waals surface area contributed by atoms with Crippen molar-refractivity contribution >= 4 is 5.91 Å². The van der Waals surface area contributed by atoms with Crippen molar-refractivity contribution in [3.8, 4) is 0 Å². The molecule has 128 valence electrons. The number of likely N-dealkylation sites (N-methyl/N-ethyl adjacent to an activating group) is 1. The van der Waals surface area contributed by atoms with Crippen LogP contribution in [0.2, 0.25) is 0 Å². The molecule has 0 N–H and O–H groups in total. The molecule has 23 heavy (non-hydrogen) atoms. The van der Waals surface area contributed by atoms with E-state index in [1.165, 1.54) is 0 Å². The highest BCUT2D eigenvalue weighted by Gasteiger charge is 2.37. The SMILES string of the molecule is Cc1nn(C(C)(C)C)cc1C(=O)N1CC[C@@H]2OCCN(C)[C@@H]2C1. The van der Waals surface area contributed by atoms with Crippen LogP contribution in [0.1, 0.15) is 43.2 Å². The number of aromatic nitrogens is 2. The van der Waals surface area contributed by atoms with E-state index in [0.717, 1.165) is 43.9 Å². The van der Waals surface area contributed by atoms with Crippen LogP contribution < -0.4 is 0 Å². The Balaban J connectivity index is 1.77. The zero-order valence-electron chi connectivity index (χ0n) is 14.9. The molecule has 1 aromatic heterocycles. The Bertz CT molecular complexity index is 590. The number of ether oxygens (including phenoxy) is 1. The van der Waals surface area contributed by atoms with E-state index < -0.39 is 0 Å². The molecule has 2 aliphatic rings. The van der Waals surface area contributed by atoms with E-state index in [1.54, 1.807) is 0 Å². The number of aryl methyl sites for hydroxylation is 1. The maximum atomic E-state index is 13.0. The first kappa shape index (κ1) is 16.5. The van der Waals surface area contributed by atoms with Gasteiger partial charge in [-0.05, 0) is 41.2 Å². The Morgan fingerprint density at radius 2 is 2.09 bits per heavy atom. The molecule has 0 aromatic carbocycles. The second-order valence-electron chi connectivity index (χ2n) is 7.74. The van der Waals surface area contributed by atoms with E-state index in [4.69, 9.17) is 4.74 Å². The highest BCUT2D eigenvalue weighted by Crippen LogP contribution is 2.24. The molecule has 0 bridgehead atoms. The summed E-state index contributed by atoms with van der Waals surface area (Å²) in [6.45, 7) is 11.4. The summed E-state index contributed by atoms with van der Waals surface area (Å²) in [5.74, 6) is 0.0930. The molecule has 1 amide bonds. The van der Waals surface area contributed by atoms with Gasteiger partial charge in [-0.2, -0.15) is 5.10 Å². The number of nitrogens with zero attached hydrogens (tertiary/aromatic N) is 4. The molecule has 0 spiro atoms. The van der Waals surface area contributed by atoms with Crippen molar-refractivity contribution in [3.05, 3.63) is 17.5 Å². The smallest absolute Gasteiger partial charge is 0.257 e. The van der Waals surface area contributed by atoms with Gasteiger partial charge in [-0.1, -0.05) is 0 Å². The van der Waals surface area contributed by atoms with Gasteiger partial charge < -0.3 is 9.64 Å². The number of carbonyl (C=O) groups excluding carboxylic acids is 1. The van der Waals surface area contributed by atoms with Crippen LogP contribution >= 0.6 is 0 Å². The number of likely N-dealkylation sites (tertiary alicyclic amines) is 1. The molecular formula is C17H28N4O2. The van der Waals surface area contributed by atoms with Crippen LogP contribution in [0.15, 0.2) is 6.20 Å². The summed E-state index contributed by atoms with van der Waals surface area (Å²) >= 11 is 0. The van der Waals surface area contributed by atoms with E-state index in [-0.39, 0.29) is 17.6 Å². The lowest BCUT2D eigenvalue weighted by Crippen LogP contribution is -2.59. The molecule has 2 aliphatic heterocycles. The summed E-state index contributed by atoms with van der Waals surface area (Å²) in [6, 6.07) is 0.305. The maximum Gasteiger partial charge on any atom is 0.257 e. The first-order valence-corrected chi connectivity index (χ1v) is 8.45. The molecule has 6 heteroatoms. The number of piperidine rings is 1. The van der Waals surface area contributed by atoms with Crippen LogP contribution in [0.25, 0.3) is 0 Å². The Hall–Kier alpha value is -1.40. The van der Waals surface area contributed by atoms with Gasteiger partial charge in [-0.3, -0.25) is 14.4 Å². The molecule has 0 unspecified atom stereocenters. The maximum absolute atomic E-state index is 13.0. The summed E-state index contributed by atoms with van der Waals surface area (Å²) in [5.41, 5.74) is 1.41. The highest BCUT2D eigenvalue weighted by molar-refractivity contribution is 5.95. The van der Waals surface area contributed by atoms with Gasteiger partial charge in [0.25, 0.3) is 5.91 Å². The second kappa shape index (κ2) is 5.91. The van der Waals surface area contributed by atoms with Crippen molar-refractivity contribution in [2.75, 3.05) is 33.3 Å². The van der Waals surface area contributed by atoms with Gasteiger partial charge in [0.1, 0.15) is 0 Å². The fraction of sp³-hybridized carbons (Fsp3) is 0.765.